The largest absolute Gasteiger partial charge is 0.354 e. The number of benzene rings is 4. The number of halogens is 1. The van der Waals surface area contributed by atoms with Gasteiger partial charge >= 0.3 is 0 Å². The van der Waals surface area contributed by atoms with Crippen LogP contribution >= 0.6 is 11.6 Å². The standard InChI is InChI=1S/C34H36ClN3O4S/c1-3-21-36-34(40)32(22-27-13-7-4-8-14-27)37(24-28-15-9-5-10-16-28)33(39)25-38(29-20-19-26(2)31(35)23-29)43(41,42)30-17-11-6-12-18-30/h4-20,23,32H,3,21-22,24-25H2,1-2H3,(H,36,40). The maximum absolute atomic E-state index is 14.4. The fourth-order valence-corrected chi connectivity index (χ4v) is 6.29. The van der Waals surface area contributed by atoms with Gasteiger partial charge in [-0.15, -0.1) is 0 Å². The number of nitrogens with one attached hydrogen (secondary N) is 1. The zero-order chi connectivity index (χ0) is 30.8. The molecular formula is C34H36ClN3O4S. The quantitative estimate of drug-likeness (QED) is 0.199. The molecule has 7 nitrogen and oxygen atoms in total. The number of anilines is 1. The summed E-state index contributed by atoms with van der Waals surface area (Å²) < 4.78 is 29.1. The first-order chi connectivity index (χ1) is 20.7. The van der Waals surface area contributed by atoms with Crippen LogP contribution in [0.15, 0.2) is 114 Å². The van der Waals surface area contributed by atoms with E-state index in [2.05, 4.69) is 5.32 Å². The molecule has 0 aliphatic heterocycles. The summed E-state index contributed by atoms with van der Waals surface area (Å²) in [6.45, 7) is 3.81. The molecule has 9 heteroatoms. The summed E-state index contributed by atoms with van der Waals surface area (Å²) in [4.78, 5) is 29.5. The Kier molecular flexibility index (Phi) is 11.0. The van der Waals surface area contributed by atoms with Crippen LogP contribution in [-0.2, 0) is 32.6 Å². The molecule has 1 atom stereocenters. The van der Waals surface area contributed by atoms with Crippen molar-refractivity contribution >= 4 is 39.1 Å². The van der Waals surface area contributed by atoms with Crippen molar-refractivity contribution in [1.29, 1.82) is 0 Å². The molecule has 4 aromatic carbocycles. The van der Waals surface area contributed by atoms with Gasteiger partial charge in [0.1, 0.15) is 12.6 Å². The van der Waals surface area contributed by atoms with Crippen molar-refractivity contribution in [3.05, 3.63) is 131 Å². The van der Waals surface area contributed by atoms with Gasteiger partial charge in [-0.25, -0.2) is 8.42 Å². The number of hydrogen-bond acceptors (Lipinski definition) is 4. The maximum Gasteiger partial charge on any atom is 0.264 e. The first-order valence-corrected chi connectivity index (χ1v) is 16.0. The van der Waals surface area contributed by atoms with Gasteiger partial charge in [0.25, 0.3) is 10.0 Å². The molecule has 1 unspecified atom stereocenters. The van der Waals surface area contributed by atoms with Crippen LogP contribution in [0.5, 0.6) is 0 Å². The van der Waals surface area contributed by atoms with Gasteiger partial charge in [-0.2, -0.15) is 0 Å². The molecule has 4 rings (SSSR count). The van der Waals surface area contributed by atoms with Crippen LogP contribution in [0.4, 0.5) is 5.69 Å². The topological polar surface area (TPSA) is 86.8 Å². The van der Waals surface area contributed by atoms with Crippen LogP contribution in [0.2, 0.25) is 5.02 Å². The summed E-state index contributed by atoms with van der Waals surface area (Å²) in [5.41, 5.74) is 2.72. The van der Waals surface area contributed by atoms with Crippen LogP contribution in [-0.4, -0.2) is 44.3 Å². The van der Waals surface area contributed by atoms with Gasteiger partial charge < -0.3 is 10.2 Å². The number of amides is 2. The molecule has 0 spiro atoms. The summed E-state index contributed by atoms with van der Waals surface area (Å²) in [6, 6.07) is 30.8. The molecule has 0 aromatic heterocycles. The van der Waals surface area contributed by atoms with E-state index in [4.69, 9.17) is 11.6 Å². The molecule has 0 fully saturated rings. The highest BCUT2D eigenvalue weighted by Crippen LogP contribution is 2.29. The number of hydrogen-bond donors (Lipinski definition) is 1. The van der Waals surface area contributed by atoms with E-state index in [0.29, 0.717) is 11.6 Å². The molecule has 224 valence electrons. The van der Waals surface area contributed by atoms with Gasteiger partial charge in [0.05, 0.1) is 10.6 Å². The molecule has 43 heavy (non-hydrogen) atoms. The molecule has 0 heterocycles. The summed E-state index contributed by atoms with van der Waals surface area (Å²) in [7, 11) is -4.18. The van der Waals surface area contributed by atoms with E-state index in [1.807, 2.05) is 74.5 Å². The predicted octanol–water partition coefficient (Wildman–Crippen LogP) is 6.01. The van der Waals surface area contributed by atoms with E-state index in [1.165, 1.54) is 17.0 Å². The Morgan fingerprint density at radius 3 is 2.00 bits per heavy atom. The first kappa shape index (κ1) is 31.8. The predicted molar refractivity (Wildman–Crippen MR) is 171 cm³/mol. The van der Waals surface area contributed by atoms with Crippen LogP contribution < -0.4 is 9.62 Å². The molecule has 4 aromatic rings. The second-order valence-corrected chi connectivity index (χ2v) is 12.5. The average Bonchev–Trinajstić information content (AvgIpc) is 3.03. The Morgan fingerprint density at radius 2 is 1.42 bits per heavy atom. The number of carbonyl (C=O) groups excluding carboxylic acids is 2. The van der Waals surface area contributed by atoms with Crippen LogP contribution in [0, 0.1) is 6.92 Å². The summed E-state index contributed by atoms with van der Waals surface area (Å²) in [5.74, 6) is -0.821. The van der Waals surface area contributed by atoms with Gasteiger partial charge in [-0.1, -0.05) is 103 Å². The number of aryl methyl sites for hydroxylation is 1. The zero-order valence-electron chi connectivity index (χ0n) is 24.3. The number of sulfonamides is 1. The maximum atomic E-state index is 14.4. The molecule has 0 bridgehead atoms. The van der Waals surface area contributed by atoms with E-state index in [9.17, 15) is 18.0 Å². The van der Waals surface area contributed by atoms with E-state index in [0.717, 1.165) is 27.4 Å². The SMILES string of the molecule is CCCNC(=O)C(Cc1ccccc1)N(Cc1ccccc1)C(=O)CN(c1ccc(C)c(Cl)c1)S(=O)(=O)c1ccccc1. The smallest absolute Gasteiger partial charge is 0.264 e. The minimum absolute atomic E-state index is 0.0376. The van der Waals surface area contributed by atoms with Crippen molar-refractivity contribution in [3.63, 3.8) is 0 Å². The lowest BCUT2D eigenvalue weighted by molar-refractivity contribution is -0.140. The molecule has 0 radical (unpaired) electrons. The number of nitrogens with zero attached hydrogens (tertiary/aromatic N) is 2. The summed E-state index contributed by atoms with van der Waals surface area (Å²) >= 11 is 6.42. The van der Waals surface area contributed by atoms with E-state index >= 15 is 0 Å². The highest BCUT2D eigenvalue weighted by atomic mass is 35.5. The second kappa shape index (κ2) is 14.8. The molecule has 0 saturated carbocycles. The van der Waals surface area contributed by atoms with Crippen LogP contribution in [0.1, 0.15) is 30.0 Å². The lowest BCUT2D eigenvalue weighted by Gasteiger charge is -2.34. The minimum atomic E-state index is -4.18. The van der Waals surface area contributed by atoms with Crippen molar-refractivity contribution < 1.29 is 18.0 Å². The van der Waals surface area contributed by atoms with Gasteiger partial charge in [-0.3, -0.25) is 13.9 Å². The van der Waals surface area contributed by atoms with Crippen molar-refractivity contribution in [2.45, 2.75) is 44.2 Å². The van der Waals surface area contributed by atoms with E-state index in [1.54, 1.807) is 36.4 Å². The molecule has 1 N–H and O–H groups in total. The Labute approximate surface area is 259 Å². The van der Waals surface area contributed by atoms with Gasteiger partial charge in [-0.05, 0) is 54.3 Å². The average molecular weight is 618 g/mol. The lowest BCUT2D eigenvalue weighted by atomic mass is 10.0. The fraction of sp³-hybridized carbons (Fsp3) is 0.235. The third-order valence-corrected chi connectivity index (χ3v) is 9.26. The molecule has 0 saturated heterocycles. The lowest BCUT2D eigenvalue weighted by Crippen LogP contribution is -2.53. The van der Waals surface area contributed by atoms with Crippen molar-refractivity contribution in [2.24, 2.45) is 0 Å². The Morgan fingerprint density at radius 1 is 0.837 bits per heavy atom. The second-order valence-electron chi connectivity index (χ2n) is 10.3. The van der Waals surface area contributed by atoms with Crippen molar-refractivity contribution in [1.82, 2.24) is 10.2 Å². The Bertz CT molecular complexity index is 1620. The molecule has 0 aliphatic rings. The van der Waals surface area contributed by atoms with Crippen LogP contribution in [0.3, 0.4) is 0 Å². The molecule has 2 amide bonds. The Balaban J connectivity index is 1.79. The molecular weight excluding hydrogens is 582 g/mol. The van der Waals surface area contributed by atoms with Gasteiger partial charge in [0, 0.05) is 24.5 Å². The number of carbonyl (C=O) groups is 2. The van der Waals surface area contributed by atoms with Gasteiger partial charge in [0.15, 0.2) is 0 Å². The monoisotopic (exact) mass is 617 g/mol. The highest BCUT2D eigenvalue weighted by molar-refractivity contribution is 7.92. The zero-order valence-corrected chi connectivity index (χ0v) is 25.9. The summed E-state index contributed by atoms with van der Waals surface area (Å²) in [5, 5.41) is 3.32. The summed E-state index contributed by atoms with van der Waals surface area (Å²) in [6.07, 6.45) is 0.991. The van der Waals surface area contributed by atoms with Crippen molar-refractivity contribution in [3.8, 4) is 0 Å². The van der Waals surface area contributed by atoms with Gasteiger partial charge in [0.2, 0.25) is 11.8 Å². The highest BCUT2D eigenvalue weighted by Gasteiger charge is 2.34. The van der Waals surface area contributed by atoms with Crippen molar-refractivity contribution in [2.75, 3.05) is 17.4 Å². The molecule has 0 aliphatic carbocycles. The fourth-order valence-electron chi connectivity index (χ4n) is 4.69. The van der Waals surface area contributed by atoms with E-state index < -0.39 is 28.5 Å². The minimum Gasteiger partial charge on any atom is -0.354 e. The normalized spacial score (nSPS) is 11.9. The number of rotatable bonds is 13. The van der Waals surface area contributed by atoms with E-state index in [-0.39, 0.29) is 29.5 Å². The Hall–Kier alpha value is -4.14. The third-order valence-electron chi connectivity index (χ3n) is 7.07. The van der Waals surface area contributed by atoms with Crippen LogP contribution in [0.25, 0.3) is 0 Å². The third kappa shape index (κ3) is 8.24. The first-order valence-electron chi connectivity index (χ1n) is 14.2.